The fraction of sp³-hybridized carbons (Fsp3) is 0.455. The molecule has 0 aromatic heterocycles. The molecule has 1 aromatic rings. The number of hydrogen-bond donors (Lipinski definition) is 1. The fourth-order valence-electron chi connectivity index (χ4n) is 2.13. The molecule has 0 fully saturated rings. The van der Waals surface area contributed by atoms with E-state index in [1.54, 1.807) is 6.07 Å². The molecule has 1 unspecified atom stereocenters. The van der Waals surface area contributed by atoms with Gasteiger partial charge in [-0.15, -0.1) is 0 Å². The van der Waals surface area contributed by atoms with E-state index < -0.39 is 0 Å². The summed E-state index contributed by atoms with van der Waals surface area (Å²) >= 11 is 0. The number of rotatable bonds is 0. The van der Waals surface area contributed by atoms with E-state index in [4.69, 9.17) is 0 Å². The lowest BCUT2D eigenvalue weighted by atomic mass is 9.91. The summed E-state index contributed by atoms with van der Waals surface area (Å²) in [5, 5.41) is 3.34. The third kappa shape index (κ3) is 1.35. The lowest BCUT2D eigenvalue weighted by Gasteiger charge is -2.26. The summed E-state index contributed by atoms with van der Waals surface area (Å²) in [6, 6.07) is 3.73. The second kappa shape index (κ2) is 3.11. The molecule has 1 heterocycles. The van der Waals surface area contributed by atoms with Crippen LogP contribution in [0.5, 0.6) is 0 Å². The summed E-state index contributed by atoms with van der Waals surface area (Å²) in [6.07, 6.45) is 0.813. The molecule has 0 saturated heterocycles. The van der Waals surface area contributed by atoms with Gasteiger partial charge in [0.15, 0.2) is 0 Å². The third-order valence-corrected chi connectivity index (χ3v) is 2.78. The van der Waals surface area contributed by atoms with Crippen LogP contribution in [0.3, 0.4) is 0 Å². The first-order chi connectivity index (χ1) is 6.20. The monoisotopic (exact) mass is 179 g/mol. The third-order valence-electron chi connectivity index (χ3n) is 2.78. The molecule has 1 N–H and O–H groups in total. The fourth-order valence-corrected chi connectivity index (χ4v) is 2.13. The van der Waals surface area contributed by atoms with E-state index in [-0.39, 0.29) is 5.82 Å². The van der Waals surface area contributed by atoms with E-state index in [1.165, 1.54) is 5.56 Å². The molecule has 2 rings (SSSR count). The SMILES string of the molecule is Cc1ccc(F)c2c1C(C)NCC2. The van der Waals surface area contributed by atoms with E-state index in [9.17, 15) is 4.39 Å². The summed E-state index contributed by atoms with van der Waals surface area (Å²) in [5.74, 6) is -0.0473. The van der Waals surface area contributed by atoms with Crippen LogP contribution in [0.4, 0.5) is 4.39 Å². The Morgan fingerprint density at radius 2 is 2.23 bits per heavy atom. The first-order valence-electron chi connectivity index (χ1n) is 4.71. The topological polar surface area (TPSA) is 12.0 Å². The van der Waals surface area contributed by atoms with Crippen LogP contribution in [0.2, 0.25) is 0 Å². The van der Waals surface area contributed by atoms with Gasteiger partial charge in [0, 0.05) is 6.04 Å². The Bertz CT molecular complexity index is 333. The largest absolute Gasteiger partial charge is 0.310 e. The zero-order chi connectivity index (χ0) is 9.42. The van der Waals surface area contributed by atoms with Crippen molar-refractivity contribution in [3.8, 4) is 0 Å². The minimum Gasteiger partial charge on any atom is -0.310 e. The maximum absolute atomic E-state index is 13.4. The molecule has 1 atom stereocenters. The van der Waals surface area contributed by atoms with Gasteiger partial charge in [0.2, 0.25) is 0 Å². The Kier molecular flexibility index (Phi) is 2.08. The average Bonchev–Trinajstić information content (AvgIpc) is 2.12. The minimum atomic E-state index is -0.0473. The highest BCUT2D eigenvalue weighted by Gasteiger charge is 2.20. The van der Waals surface area contributed by atoms with Gasteiger partial charge in [-0.1, -0.05) is 6.07 Å². The zero-order valence-corrected chi connectivity index (χ0v) is 8.02. The summed E-state index contributed by atoms with van der Waals surface area (Å²) < 4.78 is 13.4. The number of benzene rings is 1. The highest BCUT2D eigenvalue weighted by molar-refractivity contribution is 5.39. The summed E-state index contributed by atoms with van der Waals surface area (Å²) in [5.41, 5.74) is 3.26. The van der Waals surface area contributed by atoms with Crippen molar-refractivity contribution in [1.82, 2.24) is 5.32 Å². The van der Waals surface area contributed by atoms with Crippen molar-refractivity contribution in [2.24, 2.45) is 0 Å². The standard InChI is InChI=1S/C11H14FN/c1-7-3-4-10(12)9-5-6-13-8(2)11(7)9/h3-4,8,13H,5-6H2,1-2H3. The Morgan fingerprint density at radius 3 is 2.92 bits per heavy atom. The average molecular weight is 179 g/mol. The Hall–Kier alpha value is -0.890. The molecule has 70 valence electrons. The molecule has 0 radical (unpaired) electrons. The van der Waals surface area contributed by atoms with Gasteiger partial charge < -0.3 is 5.32 Å². The highest BCUT2D eigenvalue weighted by Crippen LogP contribution is 2.27. The van der Waals surface area contributed by atoms with Crippen LogP contribution in [-0.2, 0) is 6.42 Å². The summed E-state index contributed by atoms with van der Waals surface area (Å²) in [4.78, 5) is 0. The molecule has 1 nitrogen and oxygen atoms in total. The normalized spacial score (nSPS) is 21.3. The van der Waals surface area contributed by atoms with Crippen molar-refractivity contribution in [2.75, 3.05) is 6.54 Å². The van der Waals surface area contributed by atoms with E-state index in [2.05, 4.69) is 12.2 Å². The van der Waals surface area contributed by atoms with Gasteiger partial charge in [-0.2, -0.15) is 0 Å². The van der Waals surface area contributed by atoms with Crippen molar-refractivity contribution in [3.63, 3.8) is 0 Å². The molecule has 1 aliphatic rings. The van der Waals surface area contributed by atoms with Crippen LogP contribution in [0.15, 0.2) is 12.1 Å². The number of hydrogen-bond acceptors (Lipinski definition) is 1. The smallest absolute Gasteiger partial charge is 0.126 e. The highest BCUT2D eigenvalue weighted by atomic mass is 19.1. The van der Waals surface area contributed by atoms with Crippen molar-refractivity contribution in [1.29, 1.82) is 0 Å². The summed E-state index contributed by atoms with van der Waals surface area (Å²) in [7, 11) is 0. The van der Waals surface area contributed by atoms with Crippen molar-refractivity contribution in [3.05, 3.63) is 34.6 Å². The molecular weight excluding hydrogens is 165 g/mol. The molecule has 0 saturated carbocycles. The molecule has 0 aliphatic carbocycles. The first kappa shape index (κ1) is 8.70. The molecular formula is C11H14FN. The van der Waals surface area contributed by atoms with E-state index in [0.29, 0.717) is 6.04 Å². The van der Waals surface area contributed by atoms with Crippen molar-refractivity contribution < 1.29 is 4.39 Å². The molecule has 13 heavy (non-hydrogen) atoms. The second-order valence-electron chi connectivity index (χ2n) is 3.68. The van der Waals surface area contributed by atoms with Gasteiger partial charge in [0.25, 0.3) is 0 Å². The number of fused-ring (bicyclic) bond motifs is 1. The van der Waals surface area contributed by atoms with Crippen LogP contribution < -0.4 is 5.32 Å². The maximum atomic E-state index is 13.4. The van der Waals surface area contributed by atoms with E-state index in [1.807, 2.05) is 13.0 Å². The lowest BCUT2D eigenvalue weighted by Crippen LogP contribution is -2.29. The van der Waals surface area contributed by atoms with Gasteiger partial charge in [0.1, 0.15) is 5.82 Å². The van der Waals surface area contributed by atoms with Gasteiger partial charge in [-0.05, 0) is 49.6 Å². The zero-order valence-electron chi connectivity index (χ0n) is 8.02. The number of halogens is 1. The molecule has 2 heteroatoms. The molecule has 0 amide bonds. The second-order valence-corrected chi connectivity index (χ2v) is 3.68. The van der Waals surface area contributed by atoms with Crippen LogP contribution in [0.1, 0.15) is 29.7 Å². The van der Waals surface area contributed by atoms with Crippen molar-refractivity contribution in [2.45, 2.75) is 26.3 Å². The number of aryl methyl sites for hydroxylation is 1. The molecule has 0 spiro atoms. The van der Waals surface area contributed by atoms with Crippen molar-refractivity contribution >= 4 is 0 Å². The predicted octanol–water partition coefficient (Wildman–Crippen LogP) is 2.34. The van der Waals surface area contributed by atoms with Gasteiger partial charge in [0.05, 0.1) is 0 Å². The minimum absolute atomic E-state index is 0.0473. The predicted molar refractivity (Wildman–Crippen MR) is 51.3 cm³/mol. The van der Waals surface area contributed by atoms with Crippen LogP contribution in [0, 0.1) is 12.7 Å². The van der Waals surface area contributed by atoms with Crippen LogP contribution in [-0.4, -0.2) is 6.54 Å². The number of nitrogens with one attached hydrogen (secondary N) is 1. The van der Waals surface area contributed by atoms with E-state index >= 15 is 0 Å². The Balaban J connectivity index is 2.60. The molecule has 0 bridgehead atoms. The molecule has 1 aliphatic heterocycles. The van der Waals surface area contributed by atoms with E-state index in [0.717, 1.165) is 24.1 Å². The molecule has 1 aromatic carbocycles. The van der Waals surface area contributed by atoms with Gasteiger partial charge in [-0.25, -0.2) is 4.39 Å². The van der Waals surface area contributed by atoms with Crippen LogP contribution >= 0.6 is 0 Å². The lowest BCUT2D eigenvalue weighted by molar-refractivity contribution is 0.510. The first-order valence-corrected chi connectivity index (χ1v) is 4.71. The summed E-state index contributed by atoms with van der Waals surface area (Å²) in [6.45, 7) is 5.01. The quantitative estimate of drug-likeness (QED) is 0.644. The maximum Gasteiger partial charge on any atom is 0.126 e. The van der Waals surface area contributed by atoms with Gasteiger partial charge in [-0.3, -0.25) is 0 Å². The Labute approximate surface area is 78.0 Å². The Morgan fingerprint density at radius 1 is 1.46 bits per heavy atom. The van der Waals surface area contributed by atoms with Gasteiger partial charge >= 0.3 is 0 Å². The van der Waals surface area contributed by atoms with Crippen LogP contribution in [0.25, 0.3) is 0 Å².